The molecule has 1 atom stereocenters. The Morgan fingerprint density at radius 2 is 1.59 bits per heavy atom. The Morgan fingerprint density at radius 3 is 2.18 bits per heavy atom. The molecule has 2 rings (SSSR count). The number of aryl methyl sites for hydroxylation is 4. The summed E-state index contributed by atoms with van der Waals surface area (Å²) in [7, 11) is 0. The number of aliphatic hydroxyl groups excluding tert-OH is 1. The van der Waals surface area contributed by atoms with Crippen LogP contribution in [0, 0.1) is 27.7 Å². The van der Waals surface area contributed by atoms with Gasteiger partial charge >= 0.3 is 0 Å². The van der Waals surface area contributed by atoms with Gasteiger partial charge in [-0.15, -0.1) is 0 Å². The first-order valence-corrected chi connectivity index (χ1v) is 5.80. The minimum absolute atomic E-state index is 0.604. The van der Waals surface area contributed by atoms with Crippen LogP contribution in [0.25, 0.3) is 0 Å². The molecule has 2 nitrogen and oxygen atoms in total. The molecule has 2 heteroatoms. The molecule has 1 aromatic heterocycles. The van der Waals surface area contributed by atoms with Crippen LogP contribution in [-0.4, -0.2) is 5.11 Å². The zero-order chi connectivity index (χ0) is 12.6. The SMILES string of the molecule is Cc1cc(C)c(C(O)c2ccoc2C)cc1C. The number of rotatable bonds is 2. The van der Waals surface area contributed by atoms with Gasteiger partial charge in [0.1, 0.15) is 11.9 Å². The van der Waals surface area contributed by atoms with Crippen LogP contribution in [0.2, 0.25) is 0 Å². The summed E-state index contributed by atoms with van der Waals surface area (Å²) in [4.78, 5) is 0. The van der Waals surface area contributed by atoms with Gasteiger partial charge in [-0.05, 0) is 56.0 Å². The molecule has 1 unspecified atom stereocenters. The molecule has 0 amide bonds. The van der Waals surface area contributed by atoms with Crippen LogP contribution in [0.4, 0.5) is 0 Å². The van der Waals surface area contributed by atoms with E-state index in [9.17, 15) is 5.11 Å². The van der Waals surface area contributed by atoms with Gasteiger partial charge in [0.15, 0.2) is 0 Å². The van der Waals surface area contributed by atoms with Crippen LogP contribution in [0.5, 0.6) is 0 Å². The van der Waals surface area contributed by atoms with E-state index in [1.807, 2.05) is 19.9 Å². The van der Waals surface area contributed by atoms with Crippen LogP contribution in [0.15, 0.2) is 28.9 Å². The fourth-order valence-electron chi connectivity index (χ4n) is 2.12. The zero-order valence-corrected chi connectivity index (χ0v) is 10.7. The van der Waals surface area contributed by atoms with Gasteiger partial charge in [-0.3, -0.25) is 0 Å². The average molecular weight is 230 g/mol. The van der Waals surface area contributed by atoms with Crippen molar-refractivity contribution >= 4 is 0 Å². The smallest absolute Gasteiger partial charge is 0.108 e. The van der Waals surface area contributed by atoms with Gasteiger partial charge in [0.2, 0.25) is 0 Å². The Bertz CT molecular complexity index is 538. The van der Waals surface area contributed by atoms with E-state index >= 15 is 0 Å². The van der Waals surface area contributed by atoms with E-state index in [2.05, 4.69) is 26.0 Å². The second-order valence-electron chi connectivity index (χ2n) is 4.63. The molecule has 17 heavy (non-hydrogen) atoms. The largest absolute Gasteiger partial charge is 0.469 e. The maximum Gasteiger partial charge on any atom is 0.108 e. The molecular weight excluding hydrogens is 212 g/mol. The second kappa shape index (κ2) is 4.38. The maximum absolute atomic E-state index is 10.4. The standard InChI is InChI=1S/C15H18O2/c1-9-7-11(3)14(8-10(9)2)15(16)13-5-6-17-12(13)4/h5-8,15-16H,1-4H3. The van der Waals surface area contributed by atoms with Crippen LogP contribution in [0.3, 0.4) is 0 Å². The van der Waals surface area contributed by atoms with Gasteiger partial charge < -0.3 is 9.52 Å². The number of furan rings is 1. The lowest BCUT2D eigenvalue weighted by Crippen LogP contribution is -2.03. The quantitative estimate of drug-likeness (QED) is 0.855. The summed E-state index contributed by atoms with van der Waals surface area (Å²) in [6, 6.07) is 6.00. The molecule has 1 heterocycles. The Kier molecular flexibility index (Phi) is 3.07. The minimum atomic E-state index is -0.604. The summed E-state index contributed by atoms with van der Waals surface area (Å²) >= 11 is 0. The number of hydrogen-bond acceptors (Lipinski definition) is 2. The van der Waals surface area contributed by atoms with Crippen molar-refractivity contribution in [1.82, 2.24) is 0 Å². The summed E-state index contributed by atoms with van der Waals surface area (Å²) in [6.45, 7) is 8.05. The molecule has 0 aliphatic carbocycles. The van der Waals surface area contributed by atoms with E-state index in [1.165, 1.54) is 11.1 Å². The van der Waals surface area contributed by atoms with Crippen molar-refractivity contribution in [2.24, 2.45) is 0 Å². The molecule has 1 N–H and O–H groups in total. The molecule has 0 bridgehead atoms. The van der Waals surface area contributed by atoms with Crippen molar-refractivity contribution in [3.63, 3.8) is 0 Å². The van der Waals surface area contributed by atoms with Gasteiger partial charge in [-0.2, -0.15) is 0 Å². The van der Waals surface area contributed by atoms with Gasteiger partial charge in [0, 0.05) is 5.56 Å². The van der Waals surface area contributed by atoms with Crippen molar-refractivity contribution in [3.05, 3.63) is 58.0 Å². The first kappa shape index (κ1) is 11.9. The predicted octanol–water partition coefficient (Wildman–Crippen LogP) is 3.59. The normalized spacial score (nSPS) is 12.8. The van der Waals surface area contributed by atoms with E-state index in [4.69, 9.17) is 4.42 Å². The number of hydrogen-bond donors (Lipinski definition) is 1. The third-order valence-corrected chi connectivity index (χ3v) is 3.37. The van der Waals surface area contributed by atoms with Crippen molar-refractivity contribution in [3.8, 4) is 0 Å². The van der Waals surface area contributed by atoms with E-state index in [0.29, 0.717) is 0 Å². The monoisotopic (exact) mass is 230 g/mol. The average Bonchev–Trinajstić information content (AvgIpc) is 2.69. The van der Waals surface area contributed by atoms with Gasteiger partial charge in [-0.1, -0.05) is 12.1 Å². The molecule has 0 aliphatic heterocycles. The van der Waals surface area contributed by atoms with Crippen LogP contribution in [-0.2, 0) is 0 Å². The second-order valence-corrected chi connectivity index (χ2v) is 4.63. The molecule has 0 spiro atoms. The summed E-state index contributed by atoms with van der Waals surface area (Å²) in [5.74, 6) is 0.773. The Hall–Kier alpha value is -1.54. The van der Waals surface area contributed by atoms with E-state index in [1.54, 1.807) is 6.26 Å². The third kappa shape index (κ3) is 2.13. The van der Waals surface area contributed by atoms with Gasteiger partial charge in [0.25, 0.3) is 0 Å². The fourth-order valence-corrected chi connectivity index (χ4v) is 2.12. The highest BCUT2D eigenvalue weighted by atomic mass is 16.3. The van der Waals surface area contributed by atoms with Crippen LogP contribution >= 0.6 is 0 Å². The van der Waals surface area contributed by atoms with E-state index < -0.39 is 6.10 Å². The molecular formula is C15H18O2. The summed E-state index contributed by atoms with van der Waals surface area (Å²) in [5.41, 5.74) is 5.36. The van der Waals surface area contributed by atoms with Crippen molar-refractivity contribution < 1.29 is 9.52 Å². The summed E-state index contributed by atoms with van der Waals surface area (Å²) < 4.78 is 5.24. The minimum Gasteiger partial charge on any atom is -0.469 e. The molecule has 90 valence electrons. The molecule has 1 aromatic carbocycles. The first-order valence-electron chi connectivity index (χ1n) is 5.80. The molecule has 0 fully saturated rings. The fraction of sp³-hybridized carbons (Fsp3) is 0.333. The molecule has 0 aliphatic rings. The third-order valence-electron chi connectivity index (χ3n) is 3.37. The highest BCUT2D eigenvalue weighted by molar-refractivity contribution is 5.41. The lowest BCUT2D eigenvalue weighted by molar-refractivity contribution is 0.217. The Morgan fingerprint density at radius 1 is 0.941 bits per heavy atom. The molecule has 0 saturated heterocycles. The summed E-state index contributed by atoms with van der Waals surface area (Å²) in [6.07, 6.45) is 1.01. The zero-order valence-electron chi connectivity index (χ0n) is 10.7. The van der Waals surface area contributed by atoms with Crippen molar-refractivity contribution in [2.45, 2.75) is 33.8 Å². The van der Waals surface area contributed by atoms with Gasteiger partial charge in [0.05, 0.1) is 6.26 Å². The topological polar surface area (TPSA) is 33.4 Å². The molecule has 0 radical (unpaired) electrons. The molecule has 0 saturated carbocycles. The Labute approximate surface area is 102 Å². The summed E-state index contributed by atoms with van der Waals surface area (Å²) in [5, 5.41) is 10.4. The Balaban J connectivity index is 2.48. The number of aliphatic hydroxyl groups is 1. The lowest BCUT2D eigenvalue weighted by atomic mass is 9.94. The van der Waals surface area contributed by atoms with E-state index in [-0.39, 0.29) is 0 Å². The number of benzene rings is 1. The van der Waals surface area contributed by atoms with Gasteiger partial charge in [-0.25, -0.2) is 0 Å². The lowest BCUT2D eigenvalue weighted by Gasteiger charge is -2.15. The van der Waals surface area contributed by atoms with Crippen molar-refractivity contribution in [2.75, 3.05) is 0 Å². The highest BCUT2D eigenvalue weighted by Gasteiger charge is 2.17. The van der Waals surface area contributed by atoms with E-state index in [0.717, 1.165) is 22.5 Å². The highest BCUT2D eigenvalue weighted by Crippen LogP contribution is 2.29. The predicted molar refractivity (Wildman–Crippen MR) is 68.2 cm³/mol. The maximum atomic E-state index is 10.4. The van der Waals surface area contributed by atoms with Crippen molar-refractivity contribution in [1.29, 1.82) is 0 Å². The van der Waals surface area contributed by atoms with Crippen LogP contribution < -0.4 is 0 Å². The first-order chi connectivity index (χ1) is 8.00. The molecule has 2 aromatic rings. The van der Waals surface area contributed by atoms with Crippen LogP contribution in [0.1, 0.15) is 39.7 Å².